The first-order chi connectivity index (χ1) is 15.9. The monoisotopic (exact) mass is 450 g/mol. The number of amides is 1. The summed E-state index contributed by atoms with van der Waals surface area (Å²) in [6.45, 7) is 5.46. The van der Waals surface area contributed by atoms with Crippen LogP contribution in [0.4, 0.5) is 5.95 Å². The Bertz CT molecular complexity index is 1200. The molecule has 2 aromatic rings. The highest BCUT2D eigenvalue weighted by molar-refractivity contribution is 6.10. The van der Waals surface area contributed by atoms with Gasteiger partial charge >= 0.3 is 0 Å². The van der Waals surface area contributed by atoms with Crippen molar-refractivity contribution in [3.8, 4) is 11.5 Å². The lowest BCUT2D eigenvalue weighted by atomic mass is 10.1. The molecule has 0 bridgehead atoms. The van der Waals surface area contributed by atoms with Crippen LogP contribution in [0.1, 0.15) is 29.9 Å². The maximum atomic E-state index is 13.1. The minimum Gasteiger partial charge on any atom is -0.454 e. The third kappa shape index (κ3) is 4.36. The Hall–Kier alpha value is -3.95. The largest absolute Gasteiger partial charge is 0.454 e. The maximum absolute atomic E-state index is 13.1. The number of piperazine rings is 1. The molecule has 172 valence electrons. The van der Waals surface area contributed by atoms with E-state index in [2.05, 4.69) is 9.98 Å². The van der Waals surface area contributed by atoms with Gasteiger partial charge in [-0.1, -0.05) is 6.08 Å². The average molecular weight is 450 g/mol. The van der Waals surface area contributed by atoms with Crippen molar-refractivity contribution in [3.05, 3.63) is 58.0 Å². The van der Waals surface area contributed by atoms with Gasteiger partial charge in [0.1, 0.15) is 6.34 Å². The first-order valence-corrected chi connectivity index (χ1v) is 10.7. The molecule has 0 spiro atoms. The van der Waals surface area contributed by atoms with Crippen LogP contribution < -0.4 is 19.9 Å². The molecule has 1 atom stereocenters. The van der Waals surface area contributed by atoms with Gasteiger partial charge in [-0.15, -0.1) is 0 Å². The van der Waals surface area contributed by atoms with Crippen LogP contribution in [0.3, 0.4) is 0 Å². The molecule has 0 radical (unpaired) electrons. The number of aliphatic imine (C=N–C) groups is 1. The predicted molar refractivity (Wildman–Crippen MR) is 125 cm³/mol. The molecule has 1 amide bonds. The highest BCUT2D eigenvalue weighted by Gasteiger charge is 2.30. The number of nitrogens with one attached hydrogen (secondary N) is 1. The number of benzene rings is 1. The van der Waals surface area contributed by atoms with Crippen LogP contribution in [-0.4, -0.2) is 64.9 Å². The average Bonchev–Trinajstić information content (AvgIpc) is 3.28. The van der Waals surface area contributed by atoms with Gasteiger partial charge in [0.05, 0.1) is 11.4 Å². The van der Waals surface area contributed by atoms with Gasteiger partial charge in [0.2, 0.25) is 12.7 Å². The number of nitrogens with zero attached hydrogens (tertiary/aromatic N) is 5. The van der Waals surface area contributed by atoms with Crippen molar-refractivity contribution in [2.75, 3.05) is 31.3 Å². The molecule has 0 aliphatic carbocycles. The van der Waals surface area contributed by atoms with Gasteiger partial charge in [-0.25, -0.2) is 9.98 Å². The number of hydrogen-bond acceptors (Lipinski definition) is 7. The number of hydrogen-bond donors (Lipinski definition) is 1. The van der Waals surface area contributed by atoms with E-state index in [-0.39, 0.29) is 24.3 Å². The summed E-state index contributed by atoms with van der Waals surface area (Å²) in [6.07, 6.45) is 4.42. The lowest BCUT2D eigenvalue weighted by Gasteiger charge is -2.40. The molecule has 1 fully saturated rings. The van der Waals surface area contributed by atoms with Crippen LogP contribution in [0.15, 0.2) is 46.2 Å². The second kappa shape index (κ2) is 9.27. The minimum atomic E-state index is -0.219. The molecule has 1 saturated heterocycles. The van der Waals surface area contributed by atoms with E-state index >= 15 is 0 Å². The molecule has 2 aliphatic heterocycles. The Kier molecular flexibility index (Phi) is 6.25. The normalized spacial score (nSPS) is 18.2. The number of ether oxygens (including phenoxy) is 2. The summed E-state index contributed by atoms with van der Waals surface area (Å²) < 4.78 is 12.2. The molecular formula is C23H26N6O4. The number of carbonyl (C=O) groups is 1. The molecule has 10 heteroatoms. The summed E-state index contributed by atoms with van der Waals surface area (Å²) in [4.78, 5) is 38.3. The summed E-state index contributed by atoms with van der Waals surface area (Å²) >= 11 is 0. The summed E-state index contributed by atoms with van der Waals surface area (Å²) in [5.41, 5.74) is 1.17. The Labute approximate surface area is 191 Å². The van der Waals surface area contributed by atoms with Gasteiger partial charge in [-0.3, -0.25) is 19.6 Å². The number of fused-ring (bicyclic) bond motifs is 1. The molecule has 3 heterocycles. The van der Waals surface area contributed by atoms with Gasteiger partial charge in [0, 0.05) is 44.4 Å². The van der Waals surface area contributed by atoms with E-state index in [1.165, 1.54) is 10.6 Å². The number of carbonyl (C=O) groups excluding carboxylic acids is 1. The SMILES string of the molecule is C/C=C\C(=NC=N)c1cc(=O)n(C)c(N2CCN(C(=O)c3ccc4c(c3)OCO4)CC2C)n1. The summed E-state index contributed by atoms with van der Waals surface area (Å²) in [5, 5.41) is 7.29. The second-order valence-electron chi connectivity index (χ2n) is 7.84. The van der Waals surface area contributed by atoms with E-state index in [4.69, 9.17) is 14.9 Å². The zero-order valence-electron chi connectivity index (χ0n) is 18.8. The molecule has 4 rings (SSSR count). The summed E-state index contributed by atoms with van der Waals surface area (Å²) in [7, 11) is 1.67. The number of anilines is 1. The Morgan fingerprint density at radius 1 is 1.24 bits per heavy atom. The fraction of sp³-hybridized carbons (Fsp3) is 0.348. The van der Waals surface area contributed by atoms with Crippen molar-refractivity contribution < 1.29 is 14.3 Å². The van der Waals surface area contributed by atoms with Gasteiger partial charge in [-0.2, -0.15) is 0 Å². The molecule has 10 nitrogen and oxygen atoms in total. The van der Waals surface area contributed by atoms with Crippen LogP contribution >= 0.6 is 0 Å². The van der Waals surface area contributed by atoms with Crippen LogP contribution in [0.5, 0.6) is 11.5 Å². The maximum Gasteiger partial charge on any atom is 0.255 e. The van der Waals surface area contributed by atoms with Crippen LogP contribution in [0.2, 0.25) is 0 Å². The summed E-state index contributed by atoms with van der Waals surface area (Å²) in [5.74, 6) is 1.64. The Balaban J connectivity index is 1.56. The van der Waals surface area contributed by atoms with E-state index in [0.717, 1.165) is 6.34 Å². The molecule has 1 aromatic carbocycles. The Morgan fingerprint density at radius 2 is 2.03 bits per heavy atom. The standard InChI is InChI=1S/C23H26N6O4/c1-4-5-17(25-13-24)18-11-21(30)27(3)23(26-18)29-9-8-28(12-15(29)2)22(31)16-6-7-19-20(10-16)33-14-32-19/h4-7,10-11,13,15,24H,8-9,12,14H2,1-3H3/b5-4-,24-13?,25-17?. The number of allylic oxidation sites excluding steroid dienone is 2. The molecule has 1 N–H and O–H groups in total. The molecule has 1 unspecified atom stereocenters. The zero-order chi connectivity index (χ0) is 23.5. The first kappa shape index (κ1) is 22.3. The first-order valence-electron chi connectivity index (χ1n) is 10.7. The molecule has 0 saturated carbocycles. The van der Waals surface area contributed by atoms with Crippen molar-refractivity contribution in [2.45, 2.75) is 19.9 Å². The molecule has 33 heavy (non-hydrogen) atoms. The van der Waals surface area contributed by atoms with Crippen molar-refractivity contribution in [1.29, 1.82) is 5.41 Å². The fourth-order valence-corrected chi connectivity index (χ4v) is 3.99. The van der Waals surface area contributed by atoms with Crippen LogP contribution in [0.25, 0.3) is 0 Å². The van der Waals surface area contributed by atoms with Gasteiger partial charge in [0.15, 0.2) is 11.5 Å². The van der Waals surface area contributed by atoms with Crippen molar-refractivity contribution in [2.24, 2.45) is 12.0 Å². The third-order valence-electron chi connectivity index (χ3n) is 5.69. The fourth-order valence-electron chi connectivity index (χ4n) is 3.99. The van der Waals surface area contributed by atoms with Crippen molar-refractivity contribution >= 4 is 23.9 Å². The molecular weight excluding hydrogens is 424 g/mol. The Morgan fingerprint density at radius 3 is 2.76 bits per heavy atom. The third-order valence-corrected chi connectivity index (χ3v) is 5.69. The summed E-state index contributed by atoms with van der Waals surface area (Å²) in [6, 6.07) is 6.54. The molecule has 1 aromatic heterocycles. The van der Waals surface area contributed by atoms with Gasteiger partial charge in [-0.05, 0) is 38.1 Å². The smallest absolute Gasteiger partial charge is 0.255 e. The lowest BCUT2D eigenvalue weighted by molar-refractivity contribution is 0.0725. The van der Waals surface area contributed by atoms with Crippen LogP contribution in [-0.2, 0) is 7.05 Å². The van der Waals surface area contributed by atoms with E-state index in [1.54, 1.807) is 42.3 Å². The van der Waals surface area contributed by atoms with Crippen molar-refractivity contribution in [3.63, 3.8) is 0 Å². The number of rotatable bonds is 5. The lowest BCUT2D eigenvalue weighted by Crippen LogP contribution is -2.55. The quantitative estimate of drug-likeness (QED) is 0.549. The highest BCUT2D eigenvalue weighted by atomic mass is 16.7. The van der Waals surface area contributed by atoms with E-state index in [0.29, 0.717) is 54.1 Å². The van der Waals surface area contributed by atoms with Gasteiger partial charge < -0.3 is 19.3 Å². The van der Waals surface area contributed by atoms with Gasteiger partial charge in [0.25, 0.3) is 11.5 Å². The predicted octanol–water partition coefficient (Wildman–Crippen LogP) is 1.83. The molecule has 2 aliphatic rings. The topological polar surface area (TPSA) is 113 Å². The van der Waals surface area contributed by atoms with E-state index in [1.807, 2.05) is 18.7 Å². The number of aromatic nitrogens is 2. The minimum absolute atomic E-state index is 0.0742. The van der Waals surface area contributed by atoms with Crippen LogP contribution in [0, 0.1) is 5.41 Å². The van der Waals surface area contributed by atoms with E-state index < -0.39 is 0 Å². The second-order valence-corrected chi connectivity index (χ2v) is 7.84. The highest BCUT2D eigenvalue weighted by Crippen LogP contribution is 2.33. The zero-order valence-corrected chi connectivity index (χ0v) is 18.8. The van der Waals surface area contributed by atoms with Crippen molar-refractivity contribution in [1.82, 2.24) is 14.5 Å². The van der Waals surface area contributed by atoms with E-state index in [9.17, 15) is 9.59 Å².